The third kappa shape index (κ3) is 2.93. The molecule has 3 nitrogen and oxygen atoms in total. The van der Waals surface area contributed by atoms with E-state index in [0.717, 1.165) is 35.5 Å². The number of H-pyrrole nitrogens is 1. The number of benzene rings is 2. The van der Waals surface area contributed by atoms with Gasteiger partial charge in [-0.3, -0.25) is 4.90 Å². The average molecular weight is 343 g/mol. The quantitative estimate of drug-likeness (QED) is 0.730. The molecule has 0 radical (unpaired) electrons. The van der Waals surface area contributed by atoms with Crippen LogP contribution in [-0.2, 0) is 13.0 Å². The van der Waals surface area contributed by atoms with Gasteiger partial charge < -0.3 is 4.98 Å². The Morgan fingerprint density at radius 2 is 1.80 bits per heavy atom. The van der Waals surface area contributed by atoms with Crippen LogP contribution >= 0.6 is 0 Å². The van der Waals surface area contributed by atoms with E-state index in [1.807, 2.05) is 30.3 Å². The van der Waals surface area contributed by atoms with E-state index in [-0.39, 0.29) is 6.04 Å². The van der Waals surface area contributed by atoms with Crippen LogP contribution in [0.3, 0.4) is 0 Å². The maximum absolute atomic E-state index is 13.6. The molecule has 25 heavy (non-hydrogen) atoms. The van der Waals surface area contributed by atoms with Crippen molar-refractivity contribution in [1.82, 2.24) is 14.9 Å². The molecule has 1 aliphatic rings. The van der Waals surface area contributed by atoms with Crippen LogP contribution in [0.1, 0.15) is 28.6 Å². The highest BCUT2D eigenvalue weighted by atomic mass is 19.2. The van der Waals surface area contributed by atoms with E-state index in [4.69, 9.17) is 0 Å². The second-order valence-electron chi connectivity index (χ2n) is 6.17. The van der Waals surface area contributed by atoms with Crippen LogP contribution in [0.2, 0.25) is 0 Å². The lowest BCUT2D eigenvalue weighted by Crippen LogP contribution is -2.35. The van der Waals surface area contributed by atoms with Crippen molar-refractivity contribution >= 4 is 0 Å². The molecule has 1 aromatic heterocycles. The van der Waals surface area contributed by atoms with Gasteiger partial charge in [-0.25, -0.2) is 18.2 Å². The fraction of sp³-hybridized carbons (Fsp3) is 0.211. The van der Waals surface area contributed by atoms with Gasteiger partial charge in [0.2, 0.25) is 0 Å². The van der Waals surface area contributed by atoms with Gasteiger partial charge in [0.15, 0.2) is 17.5 Å². The summed E-state index contributed by atoms with van der Waals surface area (Å²) in [4.78, 5) is 9.71. The number of halogens is 3. The first-order valence-electron chi connectivity index (χ1n) is 8.08. The molecule has 1 atom stereocenters. The second-order valence-corrected chi connectivity index (χ2v) is 6.17. The summed E-state index contributed by atoms with van der Waals surface area (Å²) in [7, 11) is 0. The minimum absolute atomic E-state index is 0.118. The first-order chi connectivity index (χ1) is 12.1. The Balaban J connectivity index is 1.71. The minimum Gasteiger partial charge on any atom is -0.348 e. The zero-order chi connectivity index (χ0) is 17.4. The molecule has 0 fully saturated rings. The van der Waals surface area contributed by atoms with Gasteiger partial charge in [-0.2, -0.15) is 0 Å². The molecule has 0 saturated heterocycles. The fourth-order valence-electron chi connectivity index (χ4n) is 3.43. The molecule has 0 amide bonds. The summed E-state index contributed by atoms with van der Waals surface area (Å²) in [5, 5.41) is 0. The monoisotopic (exact) mass is 343 g/mol. The van der Waals surface area contributed by atoms with E-state index < -0.39 is 17.5 Å². The van der Waals surface area contributed by atoms with Crippen molar-refractivity contribution in [3.05, 3.63) is 88.8 Å². The van der Waals surface area contributed by atoms with Gasteiger partial charge in [-0.1, -0.05) is 30.3 Å². The summed E-state index contributed by atoms with van der Waals surface area (Å²) in [5.74, 6) is -3.76. The van der Waals surface area contributed by atoms with Crippen LogP contribution < -0.4 is 0 Å². The SMILES string of the molecule is Fc1cc(CN2CCc3[nH]cnc3C2c2ccccc2)cc(F)c1F. The first-order valence-corrected chi connectivity index (χ1v) is 8.08. The number of aromatic amines is 1. The molecule has 2 aromatic carbocycles. The number of rotatable bonds is 3. The molecular weight excluding hydrogens is 327 g/mol. The number of hydrogen-bond acceptors (Lipinski definition) is 2. The molecule has 1 unspecified atom stereocenters. The maximum Gasteiger partial charge on any atom is 0.194 e. The number of aromatic nitrogens is 2. The third-order valence-electron chi connectivity index (χ3n) is 4.57. The van der Waals surface area contributed by atoms with Gasteiger partial charge in [-0.05, 0) is 23.3 Å². The van der Waals surface area contributed by atoms with Gasteiger partial charge in [0.05, 0.1) is 18.1 Å². The molecule has 0 spiro atoms. The topological polar surface area (TPSA) is 31.9 Å². The standard InChI is InChI=1S/C19H16F3N3/c20-14-8-12(9-15(21)17(14)22)10-25-7-6-16-18(24-11-23-16)19(25)13-4-2-1-3-5-13/h1-5,8-9,11,19H,6-7,10H2,(H,23,24). The molecule has 1 N–H and O–H groups in total. The van der Waals surface area contributed by atoms with Crippen LogP contribution in [0.4, 0.5) is 13.2 Å². The zero-order valence-electron chi connectivity index (χ0n) is 13.3. The molecule has 1 aliphatic heterocycles. The van der Waals surface area contributed by atoms with Crippen molar-refractivity contribution in [1.29, 1.82) is 0 Å². The first kappa shape index (κ1) is 15.9. The molecule has 0 saturated carbocycles. The van der Waals surface area contributed by atoms with E-state index >= 15 is 0 Å². The molecular formula is C19H16F3N3. The summed E-state index contributed by atoms with van der Waals surface area (Å²) in [6, 6.07) is 11.8. The highest BCUT2D eigenvalue weighted by Crippen LogP contribution is 2.34. The van der Waals surface area contributed by atoms with E-state index in [0.29, 0.717) is 18.7 Å². The lowest BCUT2D eigenvalue weighted by molar-refractivity contribution is 0.199. The summed E-state index contributed by atoms with van der Waals surface area (Å²) in [6.45, 7) is 1.01. The Labute approximate surface area is 143 Å². The fourth-order valence-corrected chi connectivity index (χ4v) is 3.43. The summed E-state index contributed by atoms with van der Waals surface area (Å²) < 4.78 is 40.3. The third-order valence-corrected chi connectivity index (χ3v) is 4.57. The minimum atomic E-state index is -1.43. The molecule has 128 valence electrons. The average Bonchev–Trinajstić information content (AvgIpc) is 3.09. The zero-order valence-corrected chi connectivity index (χ0v) is 13.3. The van der Waals surface area contributed by atoms with Crippen molar-refractivity contribution in [3.8, 4) is 0 Å². The highest BCUT2D eigenvalue weighted by molar-refractivity contribution is 5.33. The lowest BCUT2D eigenvalue weighted by atomic mass is 9.95. The Hall–Kier alpha value is -2.60. The molecule has 3 aromatic rings. The van der Waals surface area contributed by atoms with Crippen LogP contribution in [0.5, 0.6) is 0 Å². The number of imidazole rings is 1. The van der Waals surface area contributed by atoms with Gasteiger partial charge in [0, 0.05) is 25.2 Å². The largest absolute Gasteiger partial charge is 0.348 e. The number of nitrogens with zero attached hydrogens (tertiary/aromatic N) is 2. The van der Waals surface area contributed by atoms with Crippen molar-refractivity contribution in [2.24, 2.45) is 0 Å². The van der Waals surface area contributed by atoms with E-state index in [2.05, 4.69) is 14.9 Å². The van der Waals surface area contributed by atoms with Gasteiger partial charge in [0.1, 0.15) is 0 Å². The van der Waals surface area contributed by atoms with Gasteiger partial charge >= 0.3 is 0 Å². The Morgan fingerprint density at radius 1 is 1.08 bits per heavy atom. The summed E-state index contributed by atoms with van der Waals surface area (Å²) in [5.41, 5.74) is 3.44. The van der Waals surface area contributed by atoms with E-state index in [1.165, 1.54) is 0 Å². The smallest absolute Gasteiger partial charge is 0.194 e. The molecule has 0 aliphatic carbocycles. The molecule has 2 heterocycles. The molecule has 4 rings (SSSR count). The number of hydrogen-bond donors (Lipinski definition) is 1. The number of nitrogens with one attached hydrogen (secondary N) is 1. The Bertz CT molecular complexity index is 869. The number of fused-ring (bicyclic) bond motifs is 1. The van der Waals surface area contributed by atoms with Crippen molar-refractivity contribution in [3.63, 3.8) is 0 Å². The van der Waals surface area contributed by atoms with Gasteiger partial charge in [0.25, 0.3) is 0 Å². The molecule has 6 heteroatoms. The Morgan fingerprint density at radius 3 is 2.52 bits per heavy atom. The summed E-state index contributed by atoms with van der Waals surface area (Å²) >= 11 is 0. The van der Waals surface area contributed by atoms with E-state index in [9.17, 15) is 13.2 Å². The lowest BCUT2D eigenvalue weighted by Gasteiger charge is -2.35. The predicted octanol–water partition coefficient (Wildman–Crippen LogP) is 3.97. The normalized spacial score (nSPS) is 17.5. The predicted molar refractivity (Wildman–Crippen MR) is 87.3 cm³/mol. The second kappa shape index (κ2) is 6.37. The molecule has 0 bridgehead atoms. The Kier molecular flexibility index (Phi) is 4.05. The van der Waals surface area contributed by atoms with Crippen LogP contribution in [0.25, 0.3) is 0 Å². The highest BCUT2D eigenvalue weighted by Gasteiger charge is 2.31. The van der Waals surface area contributed by atoms with Crippen LogP contribution in [0.15, 0.2) is 48.8 Å². The van der Waals surface area contributed by atoms with Crippen molar-refractivity contribution < 1.29 is 13.2 Å². The summed E-state index contributed by atoms with van der Waals surface area (Å²) in [6.07, 6.45) is 2.44. The van der Waals surface area contributed by atoms with Gasteiger partial charge in [-0.15, -0.1) is 0 Å². The van der Waals surface area contributed by atoms with Crippen molar-refractivity contribution in [2.75, 3.05) is 6.54 Å². The van der Waals surface area contributed by atoms with E-state index in [1.54, 1.807) is 6.33 Å². The van der Waals surface area contributed by atoms with Crippen LogP contribution in [-0.4, -0.2) is 21.4 Å². The maximum atomic E-state index is 13.6. The van der Waals surface area contributed by atoms with Crippen molar-refractivity contribution in [2.45, 2.75) is 19.0 Å². The van der Waals surface area contributed by atoms with Crippen LogP contribution in [0, 0.1) is 17.5 Å².